The van der Waals surface area contributed by atoms with Crippen LogP contribution in [0.4, 0.5) is 5.69 Å². The number of hydrogen-bond acceptors (Lipinski definition) is 3. The lowest BCUT2D eigenvalue weighted by molar-refractivity contribution is -0.120. The van der Waals surface area contributed by atoms with Gasteiger partial charge in [0.25, 0.3) is 10.0 Å². The first-order valence-electron chi connectivity index (χ1n) is 11.0. The molecule has 0 fully saturated rings. The molecule has 3 aromatic rings. The number of hydrogen-bond donors (Lipinski definition) is 1. The fourth-order valence-electron chi connectivity index (χ4n) is 4.05. The summed E-state index contributed by atoms with van der Waals surface area (Å²) in [6, 6.07) is 17.7. The summed E-state index contributed by atoms with van der Waals surface area (Å²) in [6.45, 7) is 11.5. The van der Waals surface area contributed by atoms with E-state index in [9.17, 15) is 13.2 Å². The smallest absolute Gasteiger partial charge is 0.264 e. The number of benzene rings is 3. The van der Waals surface area contributed by atoms with E-state index in [-0.39, 0.29) is 23.4 Å². The quantitative estimate of drug-likeness (QED) is 0.516. The number of amides is 1. The Hall–Kier alpha value is -3.12. The van der Waals surface area contributed by atoms with Crippen LogP contribution in [0, 0.1) is 34.6 Å². The van der Waals surface area contributed by atoms with Gasteiger partial charge in [0.05, 0.1) is 16.6 Å². The van der Waals surface area contributed by atoms with Crippen LogP contribution in [-0.2, 0) is 14.8 Å². The van der Waals surface area contributed by atoms with Gasteiger partial charge in [-0.1, -0.05) is 48.0 Å². The lowest BCUT2D eigenvalue weighted by Crippen LogP contribution is -2.42. The molecule has 1 N–H and O–H groups in total. The molecule has 5 nitrogen and oxygen atoms in total. The van der Waals surface area contributed by atoms with Gasteiger partial charge in [0.15, 0.2) is 0 Å². The molecule has 0 bridgehead atoms. The highest BCUT2D eigenvalue weighted by molar-refractivity contribution is 7.92. The highest BCUT2D eigenvalue weighted by Gasteiger charge is 2.28. The van der Waals surface area contributed by atoms with Crippen molar-refractivity contribution >= 4 is 21.6 Å². The zero-order valence-electron chi connectivity index (χ0n) is 20.1. The van der Waals surface area contributed by atoms with E-state index in [0.717, 1.165) is 27.8 Å². The fourth-order valence-corrected chi connectivity index (χ4v) is 5.56. The van der Waals surface area contributed by atoms with E-state index < -0.39 is 10.0 Å². The van der Waals surface area contributed by atoms with Crippen molar-refractivity contribution in [2.45, 2.75) is 52.5 Å². The highest BCUT2D eigenvalue weighted by Crippen LogP contribution is 2.28. The molecule has 0 aliphatic carbocycles. The lowest BCUT2D eigenvalue weighted by Gasteiger charge is -2.27. The molecule has 0 spiro atoms. The van der Waals surface area contributed by atoms with Crippen LogP contribution >= 0.6 is 0 Å². The molecule has 33 heavy (non-hydrogen) atoms. The van der Waals surface area contributed by atoms with Gasteiger partial charge in [-0.05, 0) is 87.6 Å². The molecule has 0 radical (unpaired) electrons. The largest absolute Gasteiger partial charge is 0.348 e. The van der Waals surface area contributed by atoms with Gasteiger partial charge in [-0.25, -0.2) is 8.42 Å². The van der Waals surface area contributed by atoms with Crippen molar-refractivity contribution in [2.75, 3.05) is 10.8 Å². The predicted octanol–water partition coefficient (Wildman–Crippen LogP) is 5.30. The average Bonchev–Trinajstić information content (AvgIpc) is 2.75. The molecule has 0 heterocycles. The molecule has 1 amide bonds. The Kier molecular flexibility index (Phi) is 7.28. The first kappa shape index (κ1) is 24.5. The van der Waals surface area contributed by atoms with Crippen molar-refractivity contribution in [3.8, 4) is 0 Å². The number of rotatable bonds is 7. The first-order chi connectivity index (χ1) is 15.5. The Bertz CT molecular complexity index is 1270. The average molecular weight is 465 g/mol. The maximum absolute atomic E-state index is 13.5. The van der Waals surface area contributed by atoms with Gasteiger partial charge in [-0.15, -0.1) is 0 Å². The minimum Gasteiger partial charge on any atom is -0.348 e. The molecule has 0 saturated heterocycles. The van der Waals surface area contributed by atoms with E-state index in [1.54, 1.807) is 36.4 Å². The summed E-state index contributed by atoms with van der Waals surface area (Å²) in [7, 11) is -3.93. The van der Waals surface area contributed by atoms with Crippen LogP contribution in [0.25, 0.3) is 0 Å². The van der Waals surface area contributed by atoms with Crippen LogP contribution < -0.4 is 9.62 Å². The molecule has 0 aliphatic rings. The number of nitrogens with zero attached hydrogens (tertiary/aromatic N) is 1. The number of aryl methyl sites for hydroxylation is 5. The molecule has 6 heteroatoms. The maximum atomic E-state index is 13.5. The topological polar surface area (TPSA) is 66.5 Å². The summed E-state index contributed by atoms with van der Waals surface area (Å²) in [4.78, 5) is 13.3. The second-order valence-corrected chi connectivity index (χ2v) is 10.6. The zero-order chi connectivity index (χ0) is 24.3. The Morgan fingerprint density at radius 1 is 0.848 bits per heavy atom. The van der Waals surface area contributed by atoms with Crippen molar-refractivity contribution in [3.05, 3.63) is 94.0 Å². The maximum Gasteiger partial charge on any atom is 0.264 e. The van der Waals surface area contributed by atoms with E-state index in [2.05, 4.69) is 24.4 Å². The van der Waals surface area contributed by atoms with Crippen molar-refractivity contribution < 1.29 is 13.2 Å². The first-order valence-corrected chi connectivity index (χ1v) is 12.5. The van der Waals surface area contributed by atoms with Crippen LogP contribution in [0.15, 0.2) is 65.6 Å². The van der Waals surface area contributed by atoms with Gasteiger partial charge in [0.1, 0.15) is 6.54 Å². The molecule has 1 unspecified atom stereocenters. The van der Waals surface area contributed by atoms with Crippen molar-refractivity contribution in [1.82, 2.24) is 5.32 Å². The highest BCUT2D eigenvalue weighted by atomic mass is 32.2. The van der Waals surface area contributed by atoms with E-state index in [1.165, 1.54) is 9.87 Å². The van der Waals surface area contributed by atoms with Gasteiger partial charge < -0.3 is 5.32 Å². The summed E-state index contributed by atoms with van der Waals surface area (Å²) in [5, 5.41) is 2.99. The molecule has 3 rings (SSSR count). The Morgan fingerprint density at radius 3 is 2.12 bits per heavy atom. The summed E-state index contributed by atoms with van der Waals surface area (Å²) < 4.78 is 28.3. The monoisotopic (exact) mass is 464 g/mol. The molecule has 0 saturated carbocycles. The molecule has 0 aliphatic heterocycles. The van der Waals surface area contributed by atoms with Crippen LogP contribution in [0.2, 0.25) is 0 Å². The second-order valence-electron chi connectivity index (χ2n) is 8.70. The summed E-state index contributed by atoms with van der Waals surface area (Å²) in [6.07, 6.45) is 0. The number of anilines is 1. The van der Waals surface area contributed by atoms with Crippen LogP contribution in [0.3, 0.4) is 0 Å². The van der Waals surface area contributed by atoms with E-state index >= 15 is 0 Å². The SMILES string of the molecule is Cc1ccc(N(CC(=O)NC(C)c2cc(C)c(C)cc2C)S(=O)(=O)c2ccccc2)c(C)c1. The van der Waals surface area contributed by atoms with Crippen LogP contribution in [0.1, 0.15) is 46.3 Å². The Morgan fingerprint density at radius 2 is 1.48 bits per heavy atom. The lowest BCUT2D eigenvalue weighted by atomic mass is 9.96. The molecular weight excluding hydrogens is 432 g/mol. The molecule has 0 aromatic heterocycles. The van der Waals surface area contributed by atoms with Crippen molar-refractivity contribution in [1.29, 1.82) is 0 Å². The summed E-state index contributed by atoms with van der Waals surface area (Å²) >= 11 is 0. The third kappa shape index (κ3) is 5.45. The molecule has 3 aromatic carbocycles. The molecule has 1 atom stereocenters. The van der Waals surface area contributed by atoms with E-state index in [4.69, 9.17) is 0 Å². The summed E-state index contributed by atoms with van der Waals surface area (Å²) in [5.41, 5.74) is 6.78. The zero-order valence-corrected chi connectivity index (χ0v) is 21.0. The van der Waals surface area contributed by atoms with Gasteiger partial charge in [0.2, 0.25) is 5.91 Å². The molecule has 174 valence electrons. The summed E-state index contributed by atoms with van der Waals surface area (Å²) in [5.74, 6) is -0.361. The van der Waals surface area contributed by atoms with Gasteiger partial charge in [-0.3, -0.25) is 9.10 Å². The number of carbonyl (C=O) groups is 1. The van der Waals surface area contributed by atoms with Crippen LogP contribution in [-0.4, -0.2) is 20.9 Å². The second kappa shape index (κ2) is 9.79. The molecular formula is C27H32N2O3S. The fraction of sp³-hybridized carbons (Fsp3) is 0.296. The van der Waals surface area contributed by atoms with Gasteiger partial charge in [0, 0.05) is 0 Å². The Labute approximate surface area is 197 Å². The third-order valence-corrected chi connectivity index (χ3v) is 7.74. The minimum atomic E-state index is -3.93. The van der Waals surface area contributed by atoms with E-state index in [0.29, 0.717) is 5.69 Å². The van der Waals surface area contributed by atoms with Crippen molar-refractivity contribution in [3.63, 3.8) is 0 Å². The van der Waals surface area contributed by atoms with Crippen LogP contribution in [0.5, 0.6) is 0 Å². The predicted molar refractivity (Wildman–Crippen MR) is 134 cm³/mol. The van der Waals surface area contributed by atoms with Crippen molar-refractivity contribution in [2.24, 2.45) is 0 Å². The van der Waals surface area contributed by atoms with Gasteiger partial charge >= 0.3 is 0 Å². The number of sulfonamides is 1. The van der Waals surface area contributed by atoms with E-state index in [1.807, 2.05) is 46.8 Å². The third-order valence-electron chi connectivity index (χ3n) is 5.97. The minimum absolute atomic E-state index is 0.149. The normalized spacial score (nSPS) is 12.3. The number of nitrogens with one attached hydrogen (secondary N) is 1. The van der Waals surface area contributed by atoms with Gasteiger partial charge in [-0.2, -0.15) is 0 Å². The number of carbonyl (C=O) groups excluding carboxylic acids is 1. The Balaban J connectivity index is 1.93. The standard InChI is InChI=1S/C27H32N2O3S/c1-18-12-13-26(22(5)14-18)29(33(31,32)24-10-8-7-9-11-24)17-27(30)28-23(6)25-16-20(3)19(2)15-21(25)4/h7-16,23H,17H2,1-6H3,(H,28,30).